The maximum atomic E-state index is 11.3. The van der Waals surface area contributed by atoms with Crippen LogP contribution in [0, 0.1) is 0 Å². The molecular formula is C13H21N3O. The van der Waals surface area contributed by atoms with E-state index in [-0.39, 0.29) is 5.91 Å². The van der Waals surface area contributed by atoms with Gasteiger partial charge in [0.25, 0.3) is 0 Å². The van der Waals surface area contributed by atoms with Crippen LogP contribution in [0.5, 0.6) is 0 Å². The van der Waals surface area contributed by atoms with Crippen molar-refractivity contribution in [3.63, 3.8) is 0 Å². The van der Waals surface area contributed by atoms with Crippen LogP contribution in [0.3, 0.4) is 0 Å². The Morgan fingerprint density at radius 3 is 2.59 bits per heavy atom. The Balaban J connectivity index is 2.73. The lowest BCUT2D eigenvalue weighted by atomic mass is 10.0. The first kappa shape index (κ1) is 13.7. The number of amides is 1. The average Bonchev–Trinajstić information content (AvgIpc) is 2.31. The minimum atomic E-state index is -0.157. The molecule has 94 valence electrons. The summed E-state index contributed by atoms with van der Waals surface area (Å²) in [7, 11) is 2.09. The summed E-state index contributed by atoms with van der Waals surface area (Å²) >= 11 is 0. The van der Waals surface area contributed by atoms with Crippen molar-refractivity contribution in [2.24, 2.45) is 5.84 Å². The van der Waals surface area contributed by atoms with E-state index in [4.69, 9.17) is 5.84 Å². The van der Waals surface area contributed by atoms with Gasteiger partial charge in [0, 0.05) is 6.54 Å². The van der Waals surface area contributed by atoms with Crippen LogP contribution < -0.4 is 11.3 Å². The Bertz CT molecular complexity index is 365. The number of nitrogens with one attached hydrogen (secondary N) is 1. The lowest BCUT2D eigenvalue weighted by molar-refractivity contribution is -0.120. The molecule has 17 heavy (non-hydrogen) atoms. The van der Waals surface area contributed by atoms with Gasteiger partial charge in [-0.15, -0.1) is 0 Å². The maximum Gasteiger partial charge on any atom is 0.238 e. The van der Waals surface area contributed by atoms with Crippen molar-refractivity contribution < 1.29 is 4.79 Å². The van der Waals surface area contributed by atoms with E-state index in [9.17, 15) is 4.79 Å². The number of nitrogens with two attached hydrogens (primary N) is 1. The molecule has 0 saturated carbocycles. The predicted molar refractivity (Wildman–Crippen MR) is 69.1 cm³/mol. The highest BCUT2D eigenvalue weighted by molar-refractivity contribution is 5.78. The molecule has 0 saturated heterocycles. The van der Waals surface area contributed by atoms with E-state index in [1.807, 2.05) is 18.2 Å². The molecule has 0 aliphatic rings. The van der Waals surface area contributed by atoms with Gasteiger partial charge in [-0.05, 0) is 31.1 Å². The molecule has 4 nitrogen and oxygen atoms in total. The molecule has 4 heteroatoms. The van der Waals surface area contributed by atoms with Gasteiger partial charge in [0.15, 0.2) is 0 Å². The summed E-state index contributed by atoms with van der Waals surface area (Å²) < 4.78 is 0. The number of carbonyl (C=O) groups excluding carboxylic acids is 1. The van der Waals surface area contributed by atoms with Crippen molar-refractivity contribution in [1.29, 1.82) is 0 Å². The average molecular weight is 235 g/mol. The van der Waals surface area contributed by atoms with Crippen LogP contribution in [0.1, 0.15) is 24.5 Å². The molecule has 0 aromatic heterocycles. The van der Waals surface area contributed by atoms with E-state index >= 15 is 0 Å². The number of rotatable bonds is 6. The number of hydrogen-bond acceptors (Lipinski definition) is 3. The third kappa shape index (κ3) is 4.54. The molecule has 0 aliphatic carbocycles. The molecule has 1 amide bonds. The molecule has 1 rings (SSSR count). The zero-order valence-corrected chi connectivity index (χ0v) is 10.6. The van der Waals surface area contributed by atoms with Crippen molar-refractivity contribution in [3.05, 3.63) is 35.4 Å². The third-order valence-corrected chi connectivity index (χ3v) is 2.68. The molecule has 0 heterocycles. The molecule has 0 fully saturated rings. The zero-order valence-electron chi connectivity index (χ0n) is 10.6. The van der Waals surface area contributed by atoms with Gasteiger partial charge in [-0.1, -0.05) is 31.2 Å². The van der Waals surface area contributed by atoms with E-state index in [1.165, 1.54) is 5.56 Å². The second-order valence-corrected chi connectivity index (χ2v) is 4.25. The van der Waals surface area contributed by atoms with Gasteiger partial charge in [0.1, 0.15) is 0 Å². The summed E-state index contributed by atoms with van der Waals surface area (Å²) in [6.07, 6.45) is 1.47. The first-order chi connectivity index (χ1) is 8.17. The Morgan fingerprint density at radius 1 is 1.35 bits per heavy atom. The fourth-order valence-corrected chi connectivity index (χ4v) is 1.86. The van der Waals surface area contributed by atoms with E-state index in [0.717, 1.165) is 25.1 Å². The fourth-order valence-electron chi connectivity index (χ4n) is 1.86. The van der Waals surface area contributed by atoms with Crippen molar-refractivity contribution in [3.8, 4) is 0 Å². The molecule has 0 unspecified atom stereocenters. The second-order valence-electron chi connectivity index (χ2n) is 4.25. The van der Waals surface area contributed by atoms with Gasteiger partial charge in [-0.3, -0.25) is 10.2 Å². The van der Waals surface area contributed by atoms with E-state index in [1.54, 1.807) is 0 Å². The topological polar surface area (TPSA) is 58.4 Å². The van der Waals surface area contributed by atoms with Gasteiger partial charge >= 0.3 is 0 Å². The van der Waals surface area contributed by atoms with Crippen LogP contribution in [0.4, 0.5) is 0 Å². The van der Waals surface area contributed by atoms with Gasteiger partial charge in [-0.2, -0.15) is 0 Å². The summed E-state index contributed by atoms with van der Waals surface area (Å²) in [5, 5.41) is 0. The Kier molecular flexibility index (Phi) is 5.66. The third-order valence-electron chi connectivity index (χ3n) is 2.68. The van der Waals surface area contributed by atoms with Crippen LogP contribution in [-0.4, -0.2) is 24.4 Å². The van der Waals surface area contributed by atoms with E-state index < -0.39 is 0 Å². The minimum absolute atomic E-state index is 0.157. The SMILES string of the molecule is CCCN(C)Cc1ccccc1CC(=O)NN. The Labute approximate surface area is 103 Å². The van der Waals surface area contributed by atoms with Crippen LogP contribution >= 0.6 is 0 Å². The predicted octanol–water partition coefficient (Wildman–Crippen LogP) is 1.06. The maximum absolute atomic E-state index is 11.3. The lowest BCUT2D eigenvalue weighted by Crippen LogP contribution is -2.31. The number of benzene rings is 1. The summed E-state index contributed by atoms with van der Waals surface area (Å²) in [5.74, 6) is 4.95. The summed E-state index contributed by atoms with van der Waals surface area (Å²) in [4.78, 5) is 13.5. The molecule has 0 aliphatic heterocycles. The molecule has 1 aromatic carbocycles. The first-order valence-electron chi connectivity index (χ1n) is 5.92. The molecule has 0 spiro atoms. The summed E-state index contributed by atoms with van der Waals surface area (Å²) in [6, 6.07) is 7.98. The van der Waals surface area contributed by atoms with Gasteiger partial charge < -0.3 is 4.90 Å². The lowest BCUT2D eigenvalue weighted by Gasteiger charge is -2.17. The smallest absolute Gasteiger partial charge is 0.238 e. The number of hydrogen-bond donors (Lipinski definition) is 2. The largest absolute Gasteiger partial charge is 0.302 e. The normalized spacial score (nSPS) is 10.6. The molecule has 0 atom stereocenters. The minimum Gasteiger partial charge on any atom is -0.302 e. The highest BCUT2D eigenvalue weighted by atomic mass is 16.2. The zero-order chi connectivity index (χ0) is 12.7. The Hall–Kier alpha value is -1.39. The Morgan fingerprint density at radius 2 is 2.00 bits per heavy atom. The van der Waals surface area contributed by atoms with Crippen molar-refractivity contribution >= 4 is 5.91 Å². The van der Waals surface area contributed by atoms with Crippen molar-refractivity contribution in [2.45, 2.75) is 26.3 Å². The van der Waals surface area contributed by atoms with E-state index in [0.29, 0.717) is 6.42 Å². The summed E-state index contributed by atoms with van der Waals surface area (Å²) in [5.41, 5.74) is 4.39. The standard InChI is InChI=1S/C13H21N3O/c1-3-8-16(2)10-12-7-5-4-6-11(12)9-13(17)15-14/h4-7H,3,8-10,14H2,1-2H3,(H,15,17). The number of hydrazine groups is 1. The fraction of sp³-hybridized carbons (Fsp3) is 0.462. The monoisotopic (exact) mass is 235 g/mol. The highest BCUT2D eigenvalue weighted by Crippen LogP contribution is 2.12. The van der Waals surface area contributed by atoms with Gasteiger partial charge in [0.05, 0.1) is 6.42 Å². The van der Waals surface area contributed by atoms with Crippen LogP contribution in [0.2, 0.25) is 0 Å². The van der Waals surface area contributed by atoms with Crippen molar-refractivity contribution in [1.82, 2.24) is 10.3 Å². The number of carbonyl (C=O) groups is 1. The van der Waals surface area contributed by atoms with Crippen molar-refractivity contribution in [2.75, 3.05) is 13.6 Å². The summed E-state index contributed by atoms with van der Waals surface area (Å²) in [6.45, 7) is 4.07. The second kappa shape index (κ2) is 7.04. The van der Waals surface area contributed by atoms with Crippen LogP contribution in [-0.2, 0) is 17.8 Å². The van der Waals surface area contributed by atoms with Gasteiger partial charge in [0.2, 0.25) is 5.91 Å². The van der Waals surface area contributed by atoms with Crippen LogP contribution in [0.25, 0.3) is 0 Å². The molecular weight excluding hydrogens is 214 g/mol. The van der Waals surface area contributed by atoms with Crippen LogP contribution in [0.15, 0.2) is 24.3 Å². The highest BCUT2D eigenvalue weighted by Gasteiger charge is 2.08. The molecule has 0 bridgehead atoms. The first-order valence-corrected chi connectivity index (χ1v) is 5.92. The quantitative estimate of drug-likeness (QED) is 0.440. The van der Waals surface area contributed by atoms with Gasteiger partial charge in [-0.25, -0.2) is 5.84 Å². The van der Waals surface area contributed by atoms with E-state index in [2.05, 4.69) is 30.4 Å². The molecule has 0 radical (unpaired) electrons. The molecule has 3 N–H and O–H groups in total. The molecule has 1 aromatic rings. The number of nitrogens with zero attached hydrogens (tertiary/aromatic N) is 1.